The largest absolute Gasteiger partial charge is 0.478 e. The second-order valence-corrected chi connectivity index (χ2v) is 4.75. The Hall–Kier alpha value is -2.55. The summed E-state index contributed by atoms with van der Waals surface area (Å²) in [5.41, 5.74) is 3.41. The maximum absolute atomic E-state index is 10.9. The fourth-order valence-corrected chi connectivity index (χ4v) is 1.85. The van der Waals surface area contributed by atoms with Crippen LogP contribution < -0.4 is 4.90 Å². The lowest BCUT2D eigenvalue weighted by atomic mass is 10.1. The zero-order valence-electron chi connectivity index (χ0n) is 11.6. The molecule has 0 bridgehead atoms. The van der Waals surface area contributed by atoms with Crippen LogP contribution in [0.1, 0.15) is 21.5 Å². The van der Waals surface area contributed by atoms with E-state index in [1.807, 2.05) is 61.5 Å². The highest BCUT2D eigenvalue weighted by Gasteiger charge is 2.01. The molecule has 0 saturated heterocycles. The van der Waals surface area contributed by atoms with Gasteiger partial charge in [-0.2, -0.15) is 0 Å². The topological polar surface area (TPSA) is 40.5 Å². The van der Waals surface area contributed by atoms with E-state index in [1.54, 1.807) is 18.2 Å². The third-order valence-electron chi connectivity index (χ3n) is 3.01. The number of nitrogens with zero attached hydrogens (tertiary/aromatic N) is 1. The number of benzene rings is 2. The summed E-state index contributed by atoms with van der Waals surface area (Å²) in [6.45, 7) is 0. The Morgan fingerprint density at radius 2 is 1.65 bits per heavy atom. The van der Waals surface area contributed by atoms with Crippen LogP contribution in [0, 0.1) is 0 Å². The van der Waals surface area contributed by atoms with Crippen molar-refractivity contribution in [3.8, 4) is 0 Å². The molecule has 0 heterocycles. The van der Waals surface area contributed by atoms with Crippen LogP contribution in [-0.4, -0.2) is 25.2 Å². The molecule has 2 rings (SSSR count). The zero-order chi connectivity index (χ0) is 14.5. The average molecular weight is 267 g/mol. The van der Waals surface area contributed by atoms with Gasteiger partial charge in [-0.15, -0.1) is 0 Å². The molecule has 0 fully saturated rings. The van der Waals surface area contributed by atoms with Gasteiger partial charge in [0.15, 0.2) is 0 Å². The first-order valence-electron chi connectivity index (χ1n) is 6.35. The molecule has 0 spiro atoms. The number of carbonyl (C=O) groups is 1. The second-order valence-electron chi connectivity index (χ2n) is 4.75. The lowest BCUT2D eigenvalue weighted by Crippen LogP contribution is -2.07. The van der Waals surface area contributed by atoms with Crippen LogP contribution in [0.2, 0.25) is 0 Å². The molecule has 2 aromatic rings. The van der Waals surface area contributed by atoms with Crippen molar-refractivity contribution < 1.29 is 9.90 Å². The van der Waals surface area contributed by atoms with Gasteiger partial charge >= 0.3 is 5.97 Å². The van der Waals surface area contributed by atoms with E-state index in [4.69, 9.17) is 5.11 Å². The minimum Gasteiger partial charge on any atom is -0.478 e. The number of aromatic carboxylic acids is 1. The third kappa shape index (κ3) is 3.48. The number of carboxylic acids is 1. The van der Waals surface area contributed by atoms with Crippen LogP contribution in [0.3, 0.4) is 0 Å². The molecule has 20 heavy (non-hydrogen) atoms. The molecule has 1 N–H and O–H groups in total. The van der Waals surface area contributed by atoms with Gasteiger partial charge in [-0.3, -0.25) is 0 Å². The lowest BCUT2D eigenvalue weighted by molar-refractivity contribution is 0.0697. The van der Waals surface area contributed by atoms with Crippen LogP contribution in [-0.2, 0) is 0 Å². The summed E-state index contributed by atoms with van der Waals surface area (Å²) in [6, 6.07) is 15.1. The van der Waals surface area contributed by atoms with Gasteiger partial charge in [-0.05, 0) is 35.4 Å². The third-order valence-corrected chi connectivity index (χ3v) is 3.01. The Bertz CT molecular complexity index is 628. The first-order chi connectivity index (χ1) is 9.56. The van der Waals surface area contributed by atoms with Crippen molar-refractivity contribution in [3.63, 3.8) is 0 Å². The first-order valence-corrected chi connectivity index (χ1v) is 6.35. The van der Waals surface area contributed by atoms with Gasteiger partial charge in [0, 0.05) is 19.8 Å². The fourth-order valence-electron chi connectivity index (χ4n) is 1.85. The van der Waals surface area contributed by atoms with Crippen molar-refractivity contribution in [2.45, 2.75) is 0 Å². The molecule has 3 nitrogen and oxygen atoms in total. The Morgan fingerprint density at radius 3 is 2.25 bits per heavy atom. The highest BCUT2D eigenvalue weighted by Crippen LogP contribution is 2.15. The molecule has 0 aromatic heterocycles. The van der Waals surface area contributed by atoms with Crippen molar-refractivity contribution in [2.75, 3.05) is 19.0 Å². The molecule has 0 saturated carbocycles. The fraction of sp³-hybridized carbons (Fsp3) is 0.118. The molecule has 3 heteroatoms. The Labute approximate surface area is 118 Å². The molecule has 0 aliphatic carbocycles. The first kappa shape index (κ1) is 13.9. The van der Waals surface area contributed by atoms with E-state index < -0.39 is 5.97 Å². The predicted octanol–water partition coefficient (Wildman–Crippen LogP) is 3.62. The van der Waals surface area contributed by atoms with Crippen molar-refractivity contribution in [2.24, 2.45) is 0 Å². The molecular formula is C17H17NO2. The Kier molecular flexibility index (Phi) is 4.20. The van der Waals surface area contributed by atoms with Crippen LogP contribution in [0.4, 0.5) is 5.69 Å². The minimum atomic E-state index is -0.907. The summed E-state index contributed by atoms with van der Waals surface area (Å²) < 4.78 is 0. The van der Waals surface area contributed by atoms with Crippen LogP contribution in [0.25, 0.3) is 12.2 Å². The van der Waals surface area contributed by atoms with Gasteiger partial charge < -0.3 is 10.0 Å². The maximum atomic E-state index is 10.9. The van der Waals surface area contributed by atoms with E-state index in [1.165, 1.54) is 0 Å². The van der Waals surface area contributed by atoms with Crippen LogP contribution in [0.15, 0.2) is 48.5 Å². The van der Waals surface area contributed by atoms with Crippen LogP contribution in [0.5, 0.6) is 0 Å². The van der Waals surface area contributed by atoms with Crippen molar-refractivity contribution in [3.05, 3.63) is 65.2 Å². The number of rotatable bonds is 4. The van der Waals surface area contributed by atoms with E-state index in [2.05, 4.69) is 0 Å². The molecule has 0 amide bonds. The van der Waals surface area contributed by atoms with E-state index in [0.29, 0.717) is 5.56 Å². The van der Waals surface area contributed by atoms with E-state index in [9.17, 15) is 4.79 Å². The Morgan fingerprint density at radius 1 is 1.00 bits per heavy atom. The van der Waals surface area contributed by atoms with E-state index in [0.717, 1.165) is 16.8 Å². The second kappa shape index (κ2) is 6.06. The van der Waals surface area contributed by atoms with Crippen LogP contribution >= 0.6 is 0 Å². The maximum Gasteiger partial charge on any atom is 0.335 e. The summed E-state index contributed by atoms with van der Waals surface area (Å²) >= 11 is 0. The quantitative estimate of drug-likeness (QED) is 0.860. The number of carboxylic acid groups (broad SMARTS) is 1. The van der Waals surface area contributed by atoms with Gasteiger partial charge in [0.2, 0.25) is 0 Å². The highest BCUT2D eigenvalue weighted by molar-refractivity contribution is 5.88. The van der Waals surface area contributed by atoms with Crippen molar-refractivity contribution >= 4 is 23.8 Å². The zero-order valence-corrected chi connectivity index (χ0v) is 11.6. The van der Waals surface area contributed by atoms with Crippen molar-refractivity contribution in [1.82, 2.24) is 0 Å². The average Bonchev–Trinajstić information content (AvgIpc) is 2.46. The molecule has 2 aromatic carbocycles. The minimum absolute atomic E-state index is 0.301. The molecule has 0 atom stereocenters. The van der Waals surface area contributed by atoms with E-state index >= 15 is 0 Å². The summed E-state index contributed by atoms with van der Waals surface area (Å²) in [5.74, 6) is -0.907. The summed E-state index contributed by atoms with van der Waals surface area (Å²) in [7, 11) is 4.00. The molecule has 0 aliphatic rings. The predicted molar refractivity (Wildman–Crippen MR) is 83.1 cm³/mol. The van der Waals surface area contributed by atoms with Crippen molar-refractivity contribution in [1.29, 1.82) is 0 Å². The standard InChI is InChI=1S/C17H17NO2/c1-18(2)16-10-8-13(9-11-16)6-7-14-4-3-5-15(12-14)17(19)20/h3-12H,1-2H3,(H,19,20). The Balaban J connectivity index is 2.16. The number of hydrogen-bond acceptors (Lipinski definition) is 2. The van der Waals surface area contributed by atoms with Gasteiger partial charge in [0.05, 0.1) is 5.56 Å². The summed E-state index contributed by atoms with van der Waals surface area (Å²) in [4.78, 5) is 12.9. The van der Waals surface area contributed by atoms with Gasteiger partial charge in [0.1, 0.15) is 0 Å². The highest BCUT2D eigenvalue weighted by atomic mass is 16.4. The van der Waals surface area contributed by atoms with Gasteiger partial charge in [-0.25, -0.2) is 4.79 Å². The van der Waals surface area contributed by atoms with E-state index in [-0.39, 0.29) is 0 Å². The molecule has 102 valence electrons. The number of anilines is 1. The smallest absolute Gasteiger partial charge is 0.335 e. The molecule has 0 unspecified atom stereocenters. The molecular weight excluding hydrogens is 250 g/mol. The monoisotopic (exact) mass is 267 g/mol. The lowest BCUT2D eigenvalue weighted by Gasteiger charge is -2.11. The van der Waals surface area contributed by atoms with Gasteiger partial charge in [0.25, 0.3) is 0 Å². The number of hydrogen-bond donors (Lipinski definition) is 1. The normalized spacial score (nSPS) is 10.7. The van der Waals surface area contributed by atoms with Gasteiger partial charge in [-0.1, -0.05) is 36.4 Å². The summed E-state index contributed by atoms with van der Waals surface area (Å²) in [6.07, 6.45) is 3.89. The molecule has 0 aliphatic heterocycles. The SMILES string of the molecule is CN(C)c1ccc(C=Cc2cccc(C(=O)O)c2)cc1. The summed E-state index contributed by atoms with van der Waals surface area (Å²) in [5, 5.41) is 8.95. The molecule has 0 radical (unpaired) electrons.